The summed E-state index contributed by atoms with van der Waals surface area (Å²) < 4.78 is 23.6. The summed E-state index contributed by atoms with van der Waals surface area (Å²) in [6, 6.07) is 0. The number of phosphoric ester groups is 1. The minimum Gasteiger partial charge on any atom is -0.756 e. The number of rotatable bonds is 22. The zero-order chi connectivity index (χ0) is 24.3. The Labute approximate surface area is 206 Å². The largest absolute Gasteiger partial charge is 0.756 e. The molecular formula is C27H56NO4P. The predicted octanol–water partition coefficient (Wildman–Crippen LogP) is 7.77. The van der Waals surface area contributed by atoms with E-state index >= 15 is 0 Å². The van der Waals surface area contributed by atoms with Gasteiger partial charge in [0, 0.05) is 12.8 Å². The molecule has 1 heterocycles. The van der Waals surface area contributed by atoms with Crippen molar-refractivity contribution in [3.05, 3.63) is 0 Å². The lowest BCUT2D eigenvalue weighted by Gasteiger charge is -2.41. The van der Waals surface area contributed by atoms with E-state index in [2.05, 4.69) is 20.9 Å². The van der Waals surface area contributed by atoms with E-state index in [4.69, 9.17) is 9.05 Å². The van der Waals surface area contributed by atoms with Crippen LogP contribution in [-0.4, -0.2) is 43.9 Å². The van der Waals surface area contributed by atoms with Crippen molar-refractivity contribution in [1.82, 2.24) is 0 Å². The molecule has 0 saturated carbocycles. The fourth-order valence-corrected chi connectivity index (χ4v) is 6.07. The molecule has 6 heteroatoms. The molecule has 1 saturated heterocycles. The number of hydrogen-bond donors (Lipinski definition) is 0. The van der Waals surface area contributed by atoms with Crippen LogP contribution in [0.25, 0.3) is 0 Å². The van der Waals surface area contributed by atoms with Crippen LogP contribution in [0.5, 0.6) is 0 Å². The van der Waals surface area contributed by atoms with E-state index < -0.39 is 7.82 Å². The Kier molecular flexibility index (Phi) is 18.2. The molecule has 198 valence electrons. The van der Waals surface area contributed by atoms with E-state index in [1.54, 1.807) is 0 Å². The first kappa shape index (κ1) is 31.1. The van der Waals surface area contributed by atoms with Crippen molar-refractivity contribution >= 4 is 7.82 Å². The average molecular weight is 490 g/mol. The van der Waals surface area contributed by atoms with Crippen LogP contribution in [0, 0.1) is 0 Å². The van der Waals surface area contributed by atoms with E-state index in [0.29, 0.717) is 0 Å². The third kappa shape index (κ3) is 17.2. The van der Waals surface area contributed by atoms with Crippen molar-refractivity contribution in [3.63, 3.8) is 0 Å². The smallest absolute Gasteiger partial charge is 0.268 e. The molecule has 0 aliphatic carbocycles. The second kappa shape index (κ2) is 19.3. The Hall–Kier alpha value is 0.0700. The lowest BCUT2D eigenvalue weighted by atomic mass is 10.0. The number of piperidine rings is 1. The van der Waals surface area contributed by atoms with Gasteiger partial charge in [0.1, 0.15) is 0 Å². The number of nitrogens with zero attached hydrogens (tertiary/aromatic N) is 1. The third-order valence-corrected chi connectivity index (χ3v) is 8.33. The van der Waals surface area contributed by atoms with Gasteiger partial charge in [-0.25, -0.2) is 0 Å². The summed E-state index contributed by atoms with van der Waals surface area (Å²) in [7, 11) is -1.91. The summed E-state index contributed by atoms with van der Waals surface area (Å²) in [6.45, 7) is 7.85. The highest BCUT2D eigenvalue weighted by molar-refractivity contribution is 7.45. The fourth-order valence-electron chi connectivity index (χ4n) is 5.08. The van der Waals surface area contributed by atoms with Crippen molar-refractivity contribution < 1.29 is 23.0 Å². The van der Waals surface area contributed by atoms with Crippen LogP contribution in [0.3, 0.4) is 0 Å². The highest BCUT2D eigenvalue weighted by Gasteiger charge is 2.31. The van der Waals surface area contributed by atoms with Gasteiger partial charge in [0.05, 0.1) is 39.4 Å². The molecular weight excluding hydrogens is 433 g/mol. The first-order valence-corrected chi connectivity index (χ1v) is 15.8. The molecule has 1 aliphatic rings. The highest BCUT2D eigenvalue weighted by Crippen LogP contribution is 2.42. The number of likely N-dealkylation sites (tertiary alicyclic amines) is 1. The van der Waals surface area contributed by atoms with E-state index in [1.807, 2.05) is 0 Å². The van der Waals surface area contributed by atoms with Gasteiger partial charge in [0.25, 0.3) is 7.82 Å². The summed E-state index contributed by atoms with van der Waals surface area (Å²) in [6.07, 6.45) is 23.5. The molecule has 0 amide bonds. The van der Waals surface area contributed by atoms with Crippen LogP contribution in [0.4, 0.5) is 0 Å². The maximum atomic E-state index is 12.1. The Morgan fingerprint density at radius 1 is 0.727 bits per heavy atom. The number of phosphoric acid groups is 1. The predicted molar refractivity (Wildman–Crippen MR) is 138 cm³/mol. The Balaban J connectivity index is 1.88. The van der Waals surface area contributed by atoms with Gasteiger partial charge in [-0.3, -0.25) is 4.57 Å². The van der Waals surface area contributed by atoms with Gasteiger partial charge in [0.2, 0.25) is 0 Å². The number of quaternary nitrogens is 1. The van der Waals surface area contributed by atoms with Crippen molar-refractivity contribution in [1.29, 1.82) is 0 Å². The third-order valence-electron chi connectivity index (χ3n) is 7.27. The molecule has 0 bridgehead atoms. The molecule has 33 heavy (non-hydrogen) atoms. The van der Waals surface area contributed by atoms with Gasteiger partial charge in [-0.05, 0) is 12.8 Å². The van der Waals surface area contributed by atoms with Crippen LogP contribution in [0.1, 0.15) is 136 Å². The molecule has 0 aromatic heterocycles. The maximum absolute atomic E-state index is 12.1. The Morgan fingerprint density at radius 2 is 1.15 bits per heavy atom. The van der Waals surface area contributed by atoms with Gasteiger partial charge in [-0.15, -0.1) is 0 Å². The molecule has 1 unspecified atom stereocenters. The van der Waals surface area contributed by atoms with Gasteiger partial charge in [0.15, 0.2) is 0 Å². The summed E-state index contributed by atoms with van der Waals surface area (Å²) >= 11 is 0. The van der Waals surface area contributed by atoms with Crippen LogP contribution in [0.15, 0.2) is 0 Å². The second-order valence-electron chi connectivity index (χ2n) is 10.7. The second-order valence-corrected chi connectivity index (χ2v) is 12.0. The van der Waals surface area contributed by atoms with Crippen molar-refractivity contribution in [2.45, 2.75) is 142 Å². The molecule has 0 spiro atoms. The molecule has 1 rings (SSSR count). The topological polar surface area (TPSA) is 58.6 Å². The molecule has 0 aromatic carbocycles. The Morgan fingerprint density at radius 3 is 1.58 bits per heavy atom. The molecule has 1 aliphatic heterocycles. The molecule has 0 radical (unpaired) electrons. The minimum absolute atomic E-state index is 0.206. The number of unbranched alkanes of at least 4 members (excludes halogenated alkanes) is 15. The van der Waals surface area contributed by atoms with Gasteiger partial charge in [-0.2, -0.15) is 0 Å². The summed E-state index contributed by atoms with van der Waals surface area (Å²) in [5.41, 5.74) is 0. The molecule has 5 nitrogen and oxygen atoms in total. The monoisotopic (exact) mass is 489 g/mol. The average Bonchev–Trinajstić information content (AvgIpc) is 2.77. The van der Waals surface area contributed by atoms with Crippen LogP contribution >= 0.6 is 7.82 Å². The molecule has 0 N–H and O–H groups in total. The minimum atomic E-state index is -4.16. The first-order chi connectivity index (χ1) is 15.9. The van der Waals surface area contributed by atoms with E-state index in [-0.39, 0.29) is 12.7 Å². The van der Waals surface area contributed by atoms with E-state index in [0.717, 1.165) is 56.2 Å². The molecule has 1 fully saturated rings. The van der Waals surface area contributed by atoms with Crippen molar-refractivity contribution in [2.75, 3.05) is 33.3 Å². The van der Waals surface area contributed by atoms with Crippen LogP contribution in [0.2, 0.25) is 0 Å². The van der Waals surface area contributed by atoms with E-state index in [9.17, 15) is 9.46 Å². The summed E-state index contributed by atoms with van der Waals surface area (Å²) in [4.78, 5) is 12.1. The Bertz CT molecular complexity index is 495. The van der Waals surface area contributed by atoms with E-state index in [1.165, 1.54) is 89.9 Å². The SMILES string of the molecule is CCCCCCCCCCCCCCCCCCOP(=O)([O-])OC1CC[N+](C)(CCC)CC1. The summed E-state index contributed by atoms with van der Waals surface area (Å²) in [5.74, 6) is 0. The first-order valence-electron chi connectivity index (χ1n) is 14.4. The van der Waals surface area contributed by atoms with Crippen LogP contribution in [-0.2, 0) is 13.6 Å². The number of hydrogen-bond acceptors (Lipinski definition) is 4. The molecule has 1 atom stereocenters. The van der Waals surface area contributed by atoms with Gasteiger partial charge >= 0.3 is 0 Å². The normalized spacial score (nSPS) is 23.0. The quantitative estimate of drug-likeness (QED) is 0.0885. The highest BCUT2D eigenvalue weighted by atomic mass is 31.2. The fraction of sp³-hybridized carbons (Fsp3) is 1.00. The zero-order valence-corrected chi connectivity index (χ0v) is 23.3. The molecule has 0 aromatic rings. The lowest BCUT2D eigenvalue weighted by molar-refractivity contribution is -0.915. The van der Waals surface area contributed by atoms with Gasteiger partial charge in [-0.1, -0.05) is 110 Å². The van der Waals surface area contributed by atoms with Crippen molar-refractivity contribution in [2.24, 2.45) is 0 Å². The maximum Gasteiger partial charge on any atom is 0.268 e. The van der Waals surface area contributed by atoms with Crippen LogP contribution < -0.4 is 4.89 Å². The van der Waals surface area contributed by atoms with Crippen molar-refractivity contribution in [3.8, 4) is 0 Å². The summed E-state index contributed by atoms with van der Waals surface area (Å²) in [5, 5.41) is 0. The standard InChI is InChI=1S/C27H56NO4P/c1-4-6-7-8-9-10-11-12-13-14-15-16-17-18-19-20-26-31-33(29,30)32-27-21-24-28(3,23-5-2)25-22-27/h27H,4-26H2,1-3H3. The van der Waals surface area contributed by atoms with Gasteiger partial charge < -0.3 is 18.4 Å². The zero-order valence-electron chi connectivity index (χ0n) is 22.4. The lowest BCUT2D eigenvalue weighted by Crippen LogP contribution is -2.51.